The summed E-state index contributed by atoms with van der Waals surface area (Å²) in [7, 11) is 0. The number of hydrogen-bond acceptors (Lipinski definition) is 4. The Balaban J connectivity index is 1.84. The molecule has 0 spiro atoms. The Labute approximate surface area is 222 Å². The number of amides is 1. The maximum Gasteiger partial charge on any atom is 0.308 e. The van der Waals surface area contributed by atoms with Crippen LogP contribution in [0.3, 0.4) is 0 Å². The largest absolute Gasteiger partial charge is 0.431 e. The van der Waals surface area contributed by atoms with Crippen molar-refractivity contribution >= 4 is 50.3 Å². The molecular formula is C27H28BrClF2N2O3. The van der Waals surface area contributed by atoms with Gasteiger partial charge in [-0.3, -0.25) is 9.59 Å². The summed E-state index contributed by atoms with van der Waals surface area (Å²) in [4.78, 5) is 29.9. The number of benzene rings is 2. The summed E-state index contributed by atoms with van der Waals surface area (Å²) in [5.74, 6) is -1.87. The zero-order chi connectivity index (χ0) is 26.4. The van der Waals surface area contributed by atoms with Gasteiger partial charge in [0.25, 0.3) is 5.91 Å². The van der Waals surface area contributed by atoms with Crippen LogP contribution in [0.1, 0.15) is 65.6 Å². The van der Waals surface area contributed by atoms with E-state index < -0.39 is 24.1 Å². The lowest BCUT2D eigenvalue weighted by molar-refractivity contribution is -0.158. The fourth-order valence-electron chi connectivity index (χ4n) is 4.10. The first kappa shape index (κ1) is 28.0. The van der Waals surface area contributed by atoms with Gasteiger partial charge in [-0.15, -0.1) is 0 Å². The van der Waals surface area contributed by atoms with Gasteiger partial charge < -0.3 is 10.1 Å². The molecule has 1 heterocycles. The van der Waals surface area contributed by atoms with E-state index in [0.717, 1.165) is 10.0 Å². The van der Waals surface area contributed by atoms with Crippen molar-refractivity contribution < 1.29 is 23.1 Å². The van der Waals surface area contributed by atoms with Crippen LogP contribution in [0.15, 0.2) is 40.9 Å². The molecule has 2 atom stereocenters. The predicted octanol–water partition coefficient (Wildman–Crippen LogP) is 7.34. The second-order valence-electron chi connectivity index (χ2n) is 8.70. The van der Waals surface area contributed by atoms with E-state index >= 15 is 0 Å². The van der Waals surface area contributed by atoms with Gasteiger partial charge in [-0.2, -0.15) is 0 Å². The van der Waals surface area contributed by atoms with Crippen molar-refractivity contribution in [2.75, 3.05) is 6.54 Å². The highest BCUT2D eigenvalue weighted by Crippen LogP contribution is 2.29. The van der Waals surface area contributed by atoms with Gasteiger partial charge in [0.05, 0.1) is 11.1 Å². The molecule has 36 heavy (non-hydrogen) atoms. The number of nitrogens with zero attached hydrogens (tertiary/aromatic N) is 1. The average Bonchev–Trinajstić information content (AvgIpc) is 2.82. The molecule has 0 fully saturated rings. The van der Waals surface area contributed by atoms with Crippen molar-refractivity contribution in [3.8, 4) is 0 Å². The Morgan fingerprint density at radius 1 is 1.17 bits per heavy atom. The monoisotopic (exact) mass is 580 g/mol. The van der Waals surface area contributed by atoms with Crippen LogP contribution in [0.5, 0.6) is 0 Å². The lowest BCUT2D eigenvalue weighted by Crippen LogP contribution is -2.30. The third-order valence-corrected chi connectivity index (χ3v) is 6.88. The quantitative estimate of drug-likeness (QED) is 0.201. The minimum absolute atomic E-state index is 0.0728. The topological polar surface area (TPSA) is 68.3 Å². The van der Waals surface area contributed by atoms with Gasteiger partial charge in [-0.1, -0.05) is 40.5 Å². The second-order valence-corrected chi connectivity index (χ2v) is 9.97. The Bertz CT molecular complexity index is 1270. The molecule has 1 amide bonds. The van der Waals surface area contributed by atoms with Crippen LogP contribution in [-0.4, -0.2) is 29.8 Å². The zero-order valence-electron chi connectivity index (χ0n) is 20.3. The molecule has 192 valence electrons. The fraction of sp³-hybridized carbons (Fsp3) is 0.370. The summed E-state index contributed by atoms with van der Waals surface area (Å²) in [6, 6.07) is 9.78. The van der Waals surface area contributed by atoms with Gasteiger partial charge in [-0.05, 0) is 73.7 Å². The molecule has 0 radical (unpaired) electrons. The summed E-state index contributed by atoms with van der Waals surface area (Å²) in [6.07, 6.45) is -0.800. The van der Waals surface area contributed by atoms with Gasteiger partial charge in [0.2, 0.25) is 6.36 Å². The fourth-order valence-corrected chi connectivity index (χ4v) is 4.64. The number of fused-ring (bicyclic) bond motifs is 1. The molecule has 3 rings (SSSR count). The zero-order valence-corrected chi connectivity index (χ0v) is 22.7. The maximum atomic E-state index is 14.1. The van der Waals surface area contributed by atoms with Crippen LogP contribution in [0.4, 0.5) is 8.78 Å². The van der Waals surface area contributed by atoms with E-state index in [0.29, 0.717) is 34.0 Å². The Morgan fingerprint density at radius 2 is 1.92 bits per heavy atom. The maximum absolute atomic E-state index is 14.1. The first-order valence-electron chi connectivity index (χ1n) is 11.7. The van der Waals surface area contributed by atoms with Crippen molar-refractivity contribution in [1.29, 1.82) is 0 Å². The highest BCUT2D eigenvalue weighted by molar-refractivity contribution is 9.10. The van der Waals surface area contributed by atoms with Gasteiger partial charge in [0.1, 0.15) is 11.0 Å². The smallest absolute Gasteiger partial charge is 0.308 e. The molecule has 0 aliphatic rings. The number of carbonyl (C=O) groups is 2. The number of pyridine rings is 1. The molecule has 5 nitrogen and oxygen atoms in total. The molecule has 1 aromatic heterocycles. The molecule has 0 saturated heterocycles. The predicted molar refractivity (Wildman–Crippen MR) is 141 cm³/mol. The number of rotatable bonds is 10. The SMILES string of the molecule is CCCC(F)OC(=O)CCC(CNC(=O)c1c(C)c(Cl)nc2ccc(Br)cc12)c1cc(F)ccc1C. The van der Waals surface area contributed by atoms with Crippen LogP contribution in [-0.2, 0) is 9.53 Å². The molecular weight excluding hydrogens is 554 g/mol. The number of halogens is 4. The Hall–Kier alpha value is -2.58. The van der Waals surface area contributed by atoms with Crippen molar-refractivity contribution in [2.45, 2.75) is 58.7 Å². The van der Waals surface area contributed by atoms with E-state index in [1.807, 2.05) is 13.0 Å². The number of esters is 1. The van der Waals surface area contributed by atoms with E-state index in [4.69, 9.17) is 16.3 Å². The number of aromatic nitrogens is 1. The number of ether oxygens (including phenoxy) is 1. The minimum atomic E-state index is -1.65. The number of aryl methyl sites for hydroxylation is 1. The van der Waals surface area contributed by atoms with Crippen molar-refractivity contribution in [3.63, 3.8) is 0 Å². The number of hydrogen-bond donors (Lipinski definition) is 1. The van der Waals surface area contributed by atoms with Crippen LogP contribution < -0.4 is 5.32 Å². The number of alkyl halides is 1. The summed E-state index contributed by atoms with van der Waals surface area (Å²) < 4.78 is 33.4. The van der Waals surface area contributed by atoms with Gasteiger partial charge >= 0.3 is 5.97 Å². The molecule has 0 saturated carbocycles. The van der Waals surface area contributed by atoms with E-state index in [-0.39, 0.29) is 36.9 Å². The molecule has 9 heteroatoms. The standard InChI is InChI=1S/C27H28BrClF2N2O3/c1-4-5-23(31)36-24(34)11-7-17(20-13-19(30)9-6-15(20)2)14-32-27(35)25-16(3)26(29)33-22-10-8-18(28)12-21(22)25/h6,8-10,12-13,17,23H,4-5,7,11,14H2,1-3H3,(H,32,35). The summed E-state index contributed by atoms with van der Waals surface area (Å²) in [5, 5.41) is 3.78. The van der Waals surface area contributed by atoms with Crippen molar-refractivity contribution in [2.24, 2.45) is 0 Å². The van der Waals surface area contributed by atoms with Crippen LogP contribution in [0, 0.1) is 19.7 Å². The van der Waals surface area contributed by atoms with Crippen LogP contribution in [0.2, 0.25) is 5.15 Å². The lowest BCUT2D eigenvalue weighted by atomic mass is 9.90. The van der Waals surface area contributed by atoms with Gasteiger partial charge in [-0.25, -0.2) is 13.8 Å². The highest BCUT2D eigenvalue weighted by atomic mass is 79.9. The molecule has 3 aromatic rings. The third-order valence-electron chi connectivity index (χ3n) is 6.02. The number of nitrogens with one attached hydrogen (secondary N) is 1. The van der Waals surface area contributed by atoms with Crippen molar-refractivity contribution in [1.82, 2.24) is 10.3 Å². The molecule has 1 N–H and O–H groups in total. The Morgan fingerprint density at radius 3 is 2.64 bits per heavy atom. The summed E-state index contributed by atoms with van der Waals surface area (Å²) in [6.45, 7) is 5.47. The summed E-state index contributed by atoms with van der Waals surface area (Å²) >= 11 is 9.72. The third kappa shape index (κ3) is 7.01. The lowest BCUT2D eigenvalue weighted by Gasteiger charge is -2.21. The second kappa shape index (κ2) is 12.6. The minimum Gasteiger partial charge on any atom is -0.431 e. The molecule has 0 aliphatic carbocycles. The molecule has 0 aliphatic heterocycles. The Kier molecular flexibility index (Phi) is 9.79. The van der Waals surface area contributed by atoms with E-state index in [9.17, 15) is 18.4 Å². The highest BCUT2D eigenvalue weighted by Gasteiger charge is 2.22. The molecule has 2 unspecified atom stereocenters. The van der Waals surface area contributed by atoms with Gasteiger partial charge in [0, 0.05) is 35.2 Å². The van der Waals surface area contributed by atoms with Crippen LogP contribution in [0.25, 0.3) is 10.9 Å². The average molecular weight is 582 g/mol. The van der Waals surface area contributed by atoms with Crippen LogP contribution >= 0.6 is 27.5 Å². The van der Waals surface area contributed by atoms with Gasteiger partial charge in [0.15, 0.2) is 0 Å². The normalized spacial score (nSPS) is 12.9. The number of carbonyl (C=O) groups excluding carboxylic acids is 2. The first-order valence-corrected chi connectivity index (χ1v) is 12.9. The van der Waals surface area contributed by atoms with E-state index in [1.54, 1.807) is 32.0 Å². The first-order chi connectivity index (χ1) is 17.1. The van der Waals surface area contributed by atoms with Crippen molar-refractivity contribution in [3.05, 3.63) is 74.1 Å². The van der Waals surface area contributed by atoms with E-state index in [2.05, 4.69) is 26.2 Å². The molecule has 2 aromatic carbocycles. The molecule has 0 bridgehead atoms. The van der Waals surface area contributed by atoms with E-state index in [1.165, 1.54) is 12.1 Å². The summed E-state index contributed by atoms with van der Waals surface area (Å²) in [5.41, 5.74) is 2.97.